The Morgan fingerprint density at radius 2 is 1.01 bits per heavy atom. The zero-order valence-corrected chi connectivity index (χ0v) is 55.3. The Labute approximate surface area is 558 Å². The van der Waals surface area contributed by atoms with E-state index in [9.17, 15) is 62.3 Å². The lowest BCUT2D eigenvalue weighted by molar-refractivity contribution is -0.144. The maximum Gasteiger partial charge on any atom is 0.245 e. The van der Waals surface area contributed by atoms with Gasteiger partial charge in [-0.3, -0.25) is 67.3 Å². The lowest BCUT2D eigenvalue weighted by Crippen LogP contribution is -2.60. The number of rotatable bonds is 42. The predicted molar refractivity (Wildman–Crippen MR) is 356 cm³/mol. The van der Waals surface area contributed by atoms with Crippen molar-refractivity contribution in [3.05, 3.63) is 71.8 Å². The van der Waals surface area contributed by atoms with E-state index in [0.717, 1.165) is 0 Å². The molecule has 0 aliphatic carbocycles. The molecule has 0 spiro atoms. The lowest BCUT2D eigenvalue weighted by Gasteiger charge is -2.32. The Kier molecular flexibility index (Phi) is 33.9. The van der Waals surface area contributed by atoms with Crippen LogP contribution in [0.4, 0.5) is 0 Å². The van der Waals surface area contributed by atoms with Gasteiger partial charge in [-0.25, -0.2) is 0 Å². The Bertz CT molecular complexity index is 2960. The molecule has 4 rings (SSSR count). The first-order chi connectivity index (χ1) is 45.2. The van der Waals surface area contributed by atoms with Crippen molar-refractivity contribution in [1.82, 2.24) is 52.3 Å². The van der Waals surface area contributed by atoms with E-state index in [4.69, 9.17) is 40.1 Å². The van der Waals surface area contributed by atoms with E-state index in [1.807, 2.05) is 20.1 Å². The number of hydrogen-bond donors (Lipinski definition) is 15. The van der Waals surface area contributed by atoms with Gasteiger partial charge in [-0.05, 0) is 119 Å². The van der Waals surface area contributed by atoms with Crippen LogP contribution in [-0.4, -0.2) is 198 Å². The molecule has 2 heterocycles. The average Bonchev–Trinajstić information content (AvgIpc) is 1.74. The van der Waals surface area contributed by atoms with Gasteiger partial charge >= 0.3 is 0 Å². The molecule has 2 saturated heterocycles. The zero-order chi connectivity index (χ0) is 70.1. The van der Waals surface area contributed by atoms with Gasteiger partial charge in [0.1, 0.15) is 54.4 Å². The second kappa shape index (κ2) is 41.0. The third-order valence-electron chi connectivity index (χ3n) is 16.0. The molecule has 0 unspecified atom stereocenters. The minimum absolute atomic E-state index is 0.0736. The van der Waals surface area contributed by atoms with Gasteiger partial charge in [0.25, 0.3) is 0 Å². The van der Waals surface area contributed by atoms with Crippen LogP contribution in [0.2, 0.25) is 0 Å². The van der Waals surface area contributed by atoms with Crippen molar-refractivity contribution in [2.45, 2.75) is 183 Å². The van der Waals surface area contributed by atoms with Gasteiger partial charge in [-0.2, -0.15) is 11.8 Å². The summed E-state index contributed by atoms with van der Waals surface area (Å²) in [6, 6.07) is 4.51. The van der Waals surface area contributed by atoms with E-state index in [1.54, 1.807) is 60.7 Å². The number of nitrogens with zero attached hydrogens (tertiary/aromatic N) is 3. The first-order valence-electron chi connectivity index (χ1n) is 32.2. The van der Waals surface area contributed by atoms with E-state index in [2.05, 4.69) is 47.5 Å². The molecule has 0 aromatic heterocycles. The number of primary amides is 3. The molecule has 524 valence electrons. The van der Waals surface area contributed by atoms with E-state index in [0.29, 0.717) is 55.4 Å². The van der Waals surface area contributed by atoms with Crippen molar-refractivity contribution >= 4 is 94.5 Å². The van der Waals surface area contributed by atoms with Crippen LogP contribution in [0.15, 0.2) is 65.7 Å². The maximum absolute atomic E-state index is 14.7. The number of likely N-dealkylation sites (tertiary alicyclic amines) is 2. The average molecular weight is 1350 g/mol. The van der Waals surface area contributed by atoms with Crippen LogP contribution in [0, 0.1) is 5.92 Å². The highest BCUT2D eigenvalue weighted by atomic mass is 32.2. The summed E-state index contributed by atoms with van der Waals surface area (Å²) in [4.78, 5) is 185. The van der Waals surface area contributed by atoms with Crippen molar-refractivity contribution in [3.8, 4) is 0 Å². The minimum atomic E-state index is -1.64. The molecule has 2 aromatic rings. The molecular weight excluding hydrogens is 1250 g/mol. The number of unbranched alkanes of at least 4 members (excludes halogenated alkanes) is 1. The fourth-order valence-electron chi connectivity index (χ4n) is 11.0. The SMILES string of the molecule is CSCC[C@H](NC(=O)[C@@H](CC(C)C)NC(=O)CNC(=O)[C@@H](Cc1ccccc1)NC(=O)[C@@H](Cc1ccccc1)NC(=O)[C@@H](CCC(N)=O)NC(=O)[C@@H](CCC(N)=O)NC(=O)[C@@H]1CCCN1C(=O)[C@@H](CCCCN)NC(=O)[C@@H]1CCCN1C(=O)[C@@H](N)CCCN=C(N)N)C(N)=O. The second-order valence-corrected chi connectivity index (χ2v) is 25.1. The highest BCUT2D eigenvalue weighted by Gasteiger charge is 2.42. The standard InChI is InChI=1S/C63H98N18O13S/c1-37(2)33-45(57(89)74-41(53(68)85)27-32-95-3)73-52(84)36-72-54(86)46(34-38-15-6-4-7-16-38)78-58(90)47(35-39-17-8-5-9-18-39)79-56(88)42(23-25-50(66)82)75-55(87)43(24-26-51(67)83)76-59(91)49-22-14-31-81(49)62(94)44(20-10-11-28-64)77-60(92)48-21-13-30-80(48)61(93)40(65)19-12-29-71-63(69)70/h4-9,15-18,37,40-49H,10-14,19-36,64-65H2,1-3H3,(H2,66,82)(H2,67,83)(H2,68,85)(H,72,86)(H,73,84)(H,74,89)(H,75,87)(H,76,91)(H,77,92)(H,78,90)(H,79,88)(H4,69,70,71)/t40-,41-,42+,43+,44+,45+,46+,47+,48-,49-/m0/s1. The number of nitrogens with two attached hydrogens (primary N) is 7. The number of carbonyl (C=O) groups excluding carboxylic acids is 13. The fourth-order valence-corrected chi connectivity index (χ4v) is 11.5. The maximum atomic E-state index is 14.7. The van der Waals surface area contributed by atoms with Gasteiger partial charge < -0.3 is 92.5 Å². The predicted octanol–water partition coefficient (Wildman–Crippen LogP) is -3.71. The molecule has 22 N–H and O–H groups in total. The summed E-state index contributed by atoms with van der Waals surface area (Å²) < 4.78 is 0. The fraction of sp³-hybridized carbons (Fsp3) is 0.587. The Morgan fingerprint density at radius 3 is 1.51 bits per heavy atom. The molecule has 2 aliphatic heterocycles. The van der Waals surface area contributed by atoms with E-state index in [-0.39, 0.29) is 83.0 Å². The molecule has 13 amide bonds. The molecule has 95 heavy (non-hydrogen) atoms. The van der Waals surface area contributed by atoms with Crippen molar-refractivity contribution in [3.63, 3.8) is 0 Å². The van der Waals surface area contributed by atoms with Gasteiger partial charge in [0.05, 0.1) is 12.6 Å². The number of benzene rings is 2. The van der Waals surface area contributed by atoms with Gasteiger partial charge in [-0.15, -0.1) is 0 Å². The topological polar surface area (TPSA) is 519 Å². The molecule has 2 fully saturated rings. The number of guanidine groups is 1. The second-order valence-electron chi connectivity index (χ2n) is 24.1. The third kappa shape index (κ3) is 27.5. The summed E-state index contributed by atoms with van der Waals surface area (Å²) in [6.45, 7) is 3.86. The minimum Gasteiger partial charge on any atom is -0.370 e. The molecule has 32 heteroatoms. The smallest absolute Gasteiger partial charge is 0.245 e. The molecule has 0 saturated carbocycles. The van der Waals surface area contributed by atoms with Crippen LogP contribution in [0.1, 0.15) is 121 Å². The summed E-state index contributed by atoms with van der Waals surface area (Å²) >= 11 is 1.45. The number of carbonyl (C=O) groups is 13. The van der Waals surface area contributed by atoms with Crippen LogP contribution in [-0.2, 0) is 75.2 Å². The number of hydrogen-bond acceptors (Lipinski definition) is 17. The number of amides is 13. The molecule has 10 atom stereocenters. The lowest BCUT2D eigenvalue weighted by atomic mass is 10.0. The summed E-state index contributed by atoms with van der Waals surface area (Å²) in [6.07, 6.45) is 3.12. The van der Waals surface area contributed by atoms with Gasteiger partial charge in [0.15, 0.2) is 5.96 Å². The zero-order valence-electron chi connectivity index (χ0n) is 54.5. The highest BCUT2D eigenvalue weighted by Crippen LogP contribution is 2.24. The quantitative estimate of drug-likeness (QED) is 0.0173. The van der Waals surface area contributed by atoms with Crippen molar-refractivity contribution in [2.24, 2.45) is 51.0 Å². The van der Waals surface area contributed by atoms with E-state index < -0.39 is 169 Å². The Balaban J connectivity index is 1.56. The first-order valence-corrected chi connectivity index (χ1v) is 33.6. The van der Waals surface area contributed by atoms with Crippen LogP contribution in [0.25, 0.3) is 0 Å². The monoisotopic (exact) mass is 1350 g/mol. The summed E-state index contributed by atoms with van der Waals surface area (Å²) in [5, 5.41) is 21.1. The third-order valence-corrected chi connectivity index (χ3v) is 16.7. The number of nitrogens with one attached hydrogen (secondary N) is 8. The van der Waals surface area contributed by atoms with E-state index in [1.165, 1.54) is 21.6 Å². The van der Waals surface area contributed by atoms with Gasteiger partial charge in [0.2, 0.25) is 76.8 Å². The summed E-state index contributed by atoms with van der Waals surface area (Å²) in [5.41, 5.74) is 40.6. The normalized spacial score (nSPS) is 16.8. The van der Waals surface area contributed by atoms with Crippen LogP contribution >= 0.6 is 11.8 Å². The number of aliphatic imine (C=N–C) groups is 1. The van der Waals surface area contributed by atoms with Crippen LogP contribution in [0.5, 0.6) is 0 Å². The van der Waals surface area contributed by atoms with Crippen LogP contribution < -0.4 is 82.7 Å². The number of thioether (sulfide) groups is 1. The Morgan fingerprint density at radius 1 is 0.537 bits per heavy atom. The summed E-state index contributed by atoms with van der Waals surface area (Å²) in [7, 11) is 0. The van der Waals surface area contributed by atoms with Crippen LogP contribution in [0.3, 0.4) is 0 Å². The van der Waals surface area contributed by atoms with Gasteiger partial charge in [0, 0.05) is 45.3 Å². The van der Waals surface area contributed by atoms with E-state index >= 15 is 0 Å². The Hall–Kier alpha value is -8.91. The van der Waals surface area contributed by atoms with Crippen molar-refractivity contribution < 1.29 is 62.3 Å². The molecule has 2 aromatic carbocycles. The highest BCUT2D eigenvalue weighted by molar-refractivity contribution is 7.98. The molecule has 0 bridgehead atoms. The molecule has 2 aliphatic rings. The largest absolute Gasteiger partial charge is 0.370 e. The molecule has 0 radical (unpaired) electrons. The van der Waals surface area contributed by atoms with Crippen molar-refractivity contribution in [1.29, 1.82) is 0 Å². The summed E-state index contributed by atoms with van der Waals surface area (Å²) in [5.74, 6) is -9.80. The van der Waals surface area contributed by atoms with Crippen molar-refractivity contribution in [2.75, 3.05) is 44.7 Å². The first kappa shape index (κ1) is 78.5. The van der Waals surface area contributed by atoms with Gasteiger partial charge in [-0.1, -0.05) is 74.5 Å². The molecular formula is C63H98N18O13S. The molecule has 31 nitrogen and oxygen atoms in total.